The minimum absolute atomic E-state index is 0.231. The summed E-state index contributed by atoms with van der Waals surface area (Å²) in [7, 11) is 4.37. The van der Waals surface area contributed by atoms with Crippen molar-refractivity contribution in [1.82, 2.24) is 0 Å². The van der Waals surface area contributed by atoms with E-state index in [1.807, 2.05) is 6.08 Å². The van der Waals surface area contributed by atoms with E-state index in [1.165, 1.54) is 21.3 Å². The van der Waals surface area contributed by atoms with Gasteiger partial charge in [-0.15, -0.1) is 0 Å². The summed E-state index contributed by atoms with van der Waals surface area (Å²) in [6.07, 6.45) is 6.07. The molecule has 0 amide bonds. The molecule has 0 bridgehead atoms. The number of carbonyl (C=O) groups is 3. The Morgan fingerprint density at radius 1 is 0.667 bits per heavy atom. The highest BCUT2D eigenvalue weighted by Gasteiger charge is 2.28. The van der Waals surface area contributed by atoms with Crippen LogP contribution >= 0.6 is 0 Å². The number of allylic oxidation sites excluding steroid dienone is 4. The standard InChI is InChI=1S/C30H30O12/c1-37-23-10-18-6-17-9-26(41-14-29(33)34)24(38-2)8-16(17)7-19-11-27(42-15-30(35)36)25(39-3)12-21(19)20(18)4-5-22(23)40-13-28(31)32/h4-5,8-12,20H,6-7,13-15H2,1-3H3,(H,31,32)(H,33,34)(H,35,36). The van der Waals surface area contributed by atoms with Crippen molar-refractivity contribution in [2.24, 2.45) is 0 Å². The third kappa shape index (κ3) is 6.77. The predicted octanol–water partition coefficient (Wildman–Crippen LogP) is 3.32. The number of benzene rings is 2. The van der Waals surface area contributed by atoms with E-state index in [1.54, 1.807) is 36.4 Å². The molecule has 12 heteroatoms. The predicted molar refractivity (Wildman–Crippen MR) is 146 cm³/mol. The lowest BCUT2D eigenvalue weighted by Crippen LogP contribution is -2.15. The van der Waals surface area contributed by atoms with Gasteiger partial charge in [0, 0.05) is 5.92 Å². The molecule has 1 atom stereocenters. The molecule has 0 spiro atoms. The number of aliphatic carboxylic acids is 3. The van der Waals surface area contributed by atoms with Gasteiger partial charge in [-0.25, -0.2) is 14.4 Å². The molecule has 0 aliphatic heterocycles. The van der Waals surface area contributed by atoms with Crippen molar-refractivity contribution in [3.05, 3.63) is 81.8 Å². The Hall–Kier alpha value is -5.13. The fraction of sp³-hybridized carbons (Fsp3) is 0.300. The molecule has 0 fully saturated rings. The van der Waals surface area contributed by atoms with E-state index in [-0.39, 0.29) is 23.2 Å². The molecule has 0 aromatic heterocycles. The Bertz CT molecular complexity index is 1480. The number of methoxy groups -OCH3 is 3. The van der Waals surface area contributed by atoms with Crippen LogP contribution < -0.4 is 18.9 Å². The van der Waals surface area contributed by atoms with E-state index in [2.05, 4.69) is 0 Å². The van der Waals surface area contributed by atoms with Crippen LogP contribution in [0.25, 0.3) is 0 Å². The molecule has 2 aromatic rings. The second-order valence-electron chi connectivity index (χ2n) is 9.36. The van der Waals surface area contributed by atoms with Gasteiger partial charge in [0.25, 0.3) is 0 Å². The van der Waals surface area contributed by atoms with E-state index < -0.39 is 37.7 Å². The lowest BCUT2D eigenvalue weighted by Gasteiger charge is -2.27. The topological polar surface area (TPSA) is 167 Å². The van der Waals surface area contributed by atoms with Crippen molar-refractivity contribution in [1.29, 1.82) is 0 Å². The molecule has 2 aromatic carbocycles. The van der Waals surface area contributed by atoms with Crippen molar-refractivity contribution < 1.29 is 58.1 Å². The normalized spacial score (nSPS) is 15.4. The second kappa shape index (κ2) is 13.0. The van der Waals surface area contributed by atoms with Crippen molar-refractivity contribution in [3.8, 4) is 23.0 Å². The molecule has 12 nitrogen and oxygen atoms in total. The van der Waals surface area contributed by atoms with Crippen LogP contribution in [0.3, 0.4) is 0 Å². The second-order valence-corrected chi connectivity index (χ2v) is 9.36. The van der Waals surface area contributed by atoms with E-state index in [9.17, 15) is 19.5 Å². The maximum Gasteiger partial charge on any atom is 0.341 e. The van der Waals surface area contributed by atoms with Crippen molar-refractivity contribution in [2.45, 2.75) is 18.8 Å². The summed E-state index contributed by atoms with van der Waals surface area (Å²) in [6, 6.07) is 7.03. The van der Waals surface area contributed by atoms with Crippen LogP contribution in [0, 0.1) is 0 Å². The van der Waals surface area contributed by atoms with Crippen LogP contribution in [-0.2, 0) is 36.7 Å². The number of hydrogen-bond acceptors (Lipinski definition) is 9. The van der Waals surface area contributed by atoms with E-state index in [0.717, 1.165) is 27.8 Å². The zero-order valence-corrected chi connectivity index (χ0v) is 23.2. The van der Waals surface area contributed by atoms with Crippen LogP contribution in [0.15, 0.2) is 59.6 Å². The van der Waals surface area contributed by atoms with Gasteiger partial charge in [0.2, 0.25) is 0 Å². The zero-order valence-electron chi connectivity index (χ0n) is 23.2. The Morgan fingerprint density at radius 3 is 1.76 bits per heavy atom. The van der Waals surface area contributed by atoms with Gasteiger partial charge in [-0.05, 0) is 71.5 Å². The maximum absolute atomic E-state index is 11.2. The average Bonchev–Trinajstić information content (AvgIpc) is 3.12. The first-order valence-electron chi connectivity index (χ1n) is 12.7. The fourth-order valence-corrected chi connectivity index (χ4v) is 4.88. The summed E-state index contributed by atoms with van der Waals surface area (Å²) >= 11 is 0. The van der Waals surface area contributed by atoms with E-state index >= 15 is 0 Å². The Kier molecular flexibility index (Phi) is 9.25. The first kappa shape index (κ1) is 29.8. The fourth-order valence-electron chi connectivity index (χ4n) is 4.88. The molecule has 2 aliphatic carbocycles. The summed E-state index contributed by atoms with van der Waals surface area (Å²) < 4.78 is 33.2. The Balaban J connectivity index is 1.93. The number of hydrogen-bond donors (Lipinski definition) is 3. The molecule has 0 radical (unpaired) electrons. The molecule has 0 saturated carbocycles. The molecule has 1 unspecified atom stereocenters. The summed E-state index contributed by atoms with van der Waals surface area (Å²) in [5.74, 6) is -2.05. The Morgan fingerprint density at radius 2 is 1.19 bits per heavy atom. The molecule has 3 N–H and O–H groups in total. The van der Waals surface area contributed by atoms with Gasteiger partial charge in [-0.1, -0.05) is 11.6 Å². The highest BCUT2D eigenvalue weighted by atomic mass is 16.5. The van der Waals surface area contributed by atoms with Gasteiger partial charge in [0.1, 0.15) is 0 Å². The molecule has 0 saturated heterocycles. The van der Waals surface area contributed by atoms with Gasteiger partial charge in [0.15, 0.2) is 54.3 Å². The summed E-state index contributed by atoms with van der Waals surface area (Å²) in [6.45, 7) is -1.69. The average molecular weight is 583 g/mol. The number of carboxylic acid groups (broad SMARTS) is 3. The molecule has 222 valence electrons. The van der Waals surface area contributed by atoms with Gasteiger partial charge >= 0.3 is 17.9 Å². The lowest BCUT2D eigenvalue weighted by molar-refractivity contribution is -0.141. The van der Waals surface area contributed by atoms with Crippen molar-refractivity contribution >= 4 is 17.9 Å². The highest BCUT2D eigenvalue weighted by molar-refractivity contribution is 5.70. The summed E-state index contributed by atoms with van der Waals surface area (Å²) in [4.78, 5) is 33.6. The number of fused-ring (bicyclic) bond motifs is 4. The quantitative estimate of drug-likeness (QED) is 0.335. The number of carboxylic acids is 3. The third-order valence-corrected chi connectivity index (χ3v) is 6.69. The van der Waals surface area contributed by atoms with Crippen molar-refractivity contribution in [3.63, 3.8) is 0 Å². The van der Waals surface area contributed by atoms with E-state index in [4.69, 9.17) is 38.6 Å². The molecule has 42 heavy (non-hydrogen) atoms. The zero-order chi connectivity index (χ0) is 30.4. The first-order chi connectivity index (χ1) is 20.1. The number of ether oxygens (including phenoxy) is 6. The van der Waals surface area contributed by atoms with Gasteiger partial charge in [-0.3, -0.25) is 0 Å². The highest BCUT2D eigenvalue weighted by Crippen LogP contribution is 2.44. The van der Waals surface area contributed by atoms with Crippen LogP contribution in [0.1, 0.15) is 28.2 Å². The maximum atomic E-state index is 11.2. The molecular formula is C30H30O12. The van der Waals surface area contributed by atoms with Crippen molar-refractivity contribution in [2.75, 3.05) is 41.2 Å². The lowest BCUT2D eigenvalue weighted by atomic mass is 9.79. The first-order valence-corrected chi connectivity index (χ1v) is 12.7. The largest absolute Gasteiger partial charge is 0.493 e. The minimum atomic E-state index is -1.14. The third-order valence-electron chi connectivity index (χ3n) is 6.69. The molecule has 4 rings (SSSR count). The van der Waals surface area contributed by atoms with E-state index in [0.29, 0.717) is 30.1 Å². The number of rotatable bonds is 12. The minimum Gasteiger partial charge on any atom is -0.493 e. The van der Waals surface area contributed by atoms with Gasteiger partial charge < -0.3 is 43.7 Å². The monoisotopic (exact) mass is 582 g/mol. The van der Waals surface area contributed by atoms with Crippen LogP contribution in [0.4, 0.5) is 0 Å². The Labute approximate surface area is 241 Å². The van der Waals surface area contributed by atoms with Crippen LogP contribution in [-0.4, -0.2) is 74.4 Å². The van der Waals surface area contributed by atoms with Gasteiger partial charge in [-0.2, -0.15) is 0 Å². The molecule has 0 heterocycles. The summed E-state index contributed by atoms with van der Waals surface area (Å²) in [5, 5.41) is 27.5. The SMILES string of the molecule is COC1=C(OCC(=O)O)C=CC2C(=C1)Cc1cc(OCC(=O)O)c(OC)cc1Cc1cc(OCC(=O)O)c(OC)cc12. The van der Waals surface area contributed by atoms with Crippen LogP contribution in [0.2, 0.25) is 0 Å². The molecule has 2 aliphatic rings. The van der Waals surface area contributed by atoms with Gasteiger partial charge in [0.05, 0.1) is 21.3 Å². The summed E-state index contributed by atoms with van der Waals surface area (Å²) in [5.41, 5.74) is 4.15. The van der Waals surface area contributed by atoms with Crippen LogP contribution in [0.5, 0.6) is 23.0 Å². The molecular weight excluding hydrogens is 552 g/mol. The smallest absolute Gasteiger partial charge is 0.341 e.